The number of H-pyrrole nitrogens is 1. The summed E-state index contributed by atoms with van der Waals surface area (Å²) < 4.78 is 1.75. The number of aromatic amines is 1. The molecule has 0 saturated carbocycles. The number of aromatic nitrogens is 5. The van der Waals surface area contributed by atoms with Gasteiger partial charge in [-0.2, -0.15) is 10.2 Å². The Hall–Kier alpha value is -2.70. The minimum atomic E-state index is -0.185. The Morgan fingerprint density at radius 2 is 2.08 bits per heavy atom. The van der Waals surface area contributed by atoms with Gasteiger partial charge in [0, 0.05) is 17.5 Å². The van der Waals surface area contributed by atoms with Gasteiger partial charge in [0.2, 0.25) is 0 Å². The molecular weight excluding hydrogens is 316 g/mol. The molecule has 7 nitrogen and oxygen atoms in total. The molecule has 25 heavy (non-hydrogen) atoms. The molecule has 0 aliphatic heterocycles. The number of rotatable bonds is 3. The molecule has 0 fully saturated rings. The molecule has 0 aromatic carbocycles. The van der Waals surface area contributed by atoms with Crippen molar-refractivity contribution in [2.75, 3.05) is 0 Å². The molecular formula is C18H22N6O. The fraction of sp³-hybridized carbons (Fsp3) is 0.444. The van der Waals surface area contributed by atoms with Crippen molar-refractivity contribution in [3.05, 3.63) is 46.2 Å². The lowest BCUT2D eigenvalue weighted by Gasteiger charge is -2.07. The lowest BCUT2D eigenvalue weighted by molar-refractivity contribution is 0.0945. The second kappa shape index (κ2) is 6.31. The first kappa shape index (κ1) is 15.8. The predicted molar refractivity (Wildman–Crippen MR) is 93.5 cm³/mol. The van der Waals surface area contributed by atoms with Gasteiger partial charge in [0.25, 0.3) is 5.91 Å². The third-order valence-corrected chi connectivity index (χ3v) is 4.77. The summed E-state index contributed by atoms with van der Waals surface area (Å²) in [5, 5.41) is 14.9. The summed E-state index contributed by atoms with van der Waals surface area (Å²) in [5.41, 5.74) is 6.32. The van der Waals surface area contributed by atoms with E-state index >= 15 is 0 Å². The van der Waals surface area contributed by atoms with Crippen molar-refractivity contribution in [1.82, 2.24) is 30.1 Å². The Kier molecular flexibility index (Phi) is 3.99. The molecule has 3 heterocycles. The molecule has 4 rings (SSSR count). The Morgan fingerprint density at radius 3 is 2.96 bits per heavy atom. The van der Waals surface area contributed by atoms with Crippen molar-refractivity contribution in [3.8, 4) is 0 Å². The maximum Gasteiger partial charge on any atom is 0.270 e. The van der Waals surface area contributed by atoms with Gasteiger partial charge in [-0.3, -0.25) is 9.89 Å². The van der Waals surface area contributed by atoms with E-state index in [0.29, 0.717) is 17.9 Å². The van der Waals surface area contributed by atoms with Gasteiger partial charge in [0.1, 0.15) is 5.69 Å². The maximum absolute atomic E-state index is 12.5. The predicted octanol–water partition coefficient (Wildman–Crippen LogP) is 2.27. The second-order valence-corrected chi connectivity index (χ2v) is 6.71. The monoisotopic (exact) mass is 338 g/mol. The van der Waals surface area contributed by atoms with E-state index in [0.717, 1.165) is 29.9 Å². The van der Waals surface area contributed by atoms with Crippen LogP contribution in [0.1, 0.15) is 58.1 Å². The number of aryl methyl sites for hydroxylation is 3. The van der Waals surface area contributed by atoms with Crippen LogP contribution in [-0.2, 0) is 19.4 Å². The fourth-order valence-electron chi connectivity index (χ4n) is 3.48. The largest absolute Gasteiger partial charge is 0.345 e. The van der Waals surface area contributed by atoms with Gasteiger partial charge in [-0.05, 0) is 51.2 Å². The minimum Gasteiger partial charge on any atom is -0.345 e. The molecule has 2 N–H and O–H groups in total. The number of hydrogen-bond donors (Lipinski definition) is 2. The molecule has 1 aliphatic rings. The summed E-state index contributed by atoms with van der Waals surface area (Å²) in [4.78, 5) is 17.0. The summed E-state index contributed by atoms with van der Waals surface area (Å²) in [6.45, 7) is 4.26. The van der Waals surface area contributed by atoms with Crippen LogP contribution in [0, 0.1) is 13.8 Å². The number of fused-ring (bicyclic) bond motifs is 2. The third-order valence-electron chi connectivity index (χ3n) is 4.77. The van der Waals surface area contributed by atoms with Crippen molar-refractivity contribution in [2.24, 2.45) is 0 Å². The first-order valence-electron chi connectivity index (χ1n) is 8.79. The summed E-state index contributed by atoms with van der Waals surface area (Å²) in [5.74, 6) is -0.185. The van der Waals surface area contributed by atoms with Crippen LogP contribution in [0.15, 0.2) is 12.1 Å². The number of hydrogen-bond acceptors (Lipinski definition) is 4. The Morgan fingerprint density at radius 1 is 1.24 bits per heavy atom. The highest BCUT2D eigenvalue weighted by Gasteiger charge is 2.17. The average Bonchev–Trinajstić information content (AvgIpc) is 3.07. The lowest BCUT2D eigenvalue weighted by Crippen LogP contribution is -2.25. The van der Waals surface area contributed by atoms with Gasteiger partial charge >= 0.3 is 0 Å². The van der Waals surface area contributed by atoms with Gasteiger partial charge in [0.05, 0.1) is 17.9 Å². The van der Waals surface area contributed by atoms with E-state index in [2.05, 4.69) is 25.6 Å². The number of amides is 1. The lowest BCUT2D eigenvalue weighted by atomic mass is 10.1. The molecule has 3 aromatic rings. The minimum absolute atomic E-state index is 0.185. The van der Waals surface area contributed by atoms with Gasteiger partial charge in [0.15, 0.2) is 5.65 Å². The second-order valence-electron chi connectivity index (χ2n) is 6.71. The van der Waals surface area contributed by atoms with E-state index in [1.54, 1.807) is 10.6 Å². The van der Waals surface area contributed by atoms with Crippen LogP contribution >= 0.6 is 0 Å². The Balaban J connectivity index is 1.52. The smallest absolute Gasteiger partial charge is 0.270 e. The SMILES string of the molecule is Cc1cc2nc(C(=O)NCc3n[nH]c4c3CCCCC4)cc(C)n2n1. The molecule has 7 heteroatoms. The van der Waals surface area contributed by atoms with Crippen LogP contribution in [-0.4, -0.2) is 30.7 Å². The van der Waals surface area contributed by atoms with Crippen LogP contribution in [0.5, 0.6) is 0 Å². The number of carbonyl (C=O) groups is 1. The van der Waals surface area contributed by atoms with Crippen molar-refractivity contribution < 1.29 is 4.79 Å². The molecule has 0 atom stereocenters. The van der Waals surface area contributed by atoms with Gasteiger partial charge < -0.3 is 5.32 Å². The number of nitrogens with zero attached hydrogens (tertiary/aromatic N) is 4. The van der Waals surface area contributed by atoms with E-state index in [1.165, 1.54) is 30.5 Å². The summed E-state index contributed by atoms with van der Waals surface area (Å²) in [6.07, 6.45) is 5.73. The fourth-order valence-corrected chi connectivity index (χ4v) is 3.48. The summed E-state index contributed by atoms with van der Waals surface area (Å²) in [6, 6.07) is 3.64. The first-order valence-corrected chi connectivity index (χ1v) is 8.79. The van der Waals surface area contributed by atoms with Crippen molar-refractivity contribution in [2.45, 2.75) is 52.5 Å². The molecule has 1 aliphatic carbocycles. The summed E-state index contributed by atoms with van der Waals surface area (Å²) >= 11 is 0. The first-order chi connectivity index (χ1) is 12.1. The Labute approximate surface area is 145 Å². The normalized spacial score (nSPS) is 14.3. The molecule has 0 saturated heterocycles. The zero-order valence-electron chi connectivity index (χ0n) is 14.6. The molecule has 0 spiro atoms. The topological polar surface area (TPSA) is 88.0 Å². The van der Waals surface area contributed by atoms with Crippen molar-refractivity contribution in [1.29, 1.82) is 0 Å². The standard InChI is InChI=1S/C18H22N6O/c1-11-8-17-20-15(9-12(2)24(17)23-11)18(25)19-10-16-13-6-4-3-5-7-14(13)21-22-16/h8-9H,3-7,10H2,1-2H3,(H,19,25)(H,21,22). The van der Waals surface area contributed by atoms with Crippen molar-refractivity contribution >= 4 is 11.6 Å². The quantitative estimate of drug-likeness (QED) is 0.717. The highest BCUT2D eigenvalue weighted by molar-refractivity contribution is 5.92. The number of nitrogens with one attached hydrogen (secondary N) is 2. The van der Waals surface area contributed by atoms with Crippen molar-refractivity contribution in [3.63, 3.8) is 0 Å². The van der Waals surface area contributed by atoms with Gasteiger partial charge in [-0.15, -0.1) is 0 Å². The van der Waals surface area contributed by atoms with E-state index in [4.69, 9.17) is 0 Å². The molecule has 3 aromatic heterocycles. The Bertz CT molecular complexity index is 939. The molecule has 0 radical (unpaired) electrons. The average molecular weight is 338 g/mol. The van der Waals surface area contributed by atoms with Crippen LogP contribution in [0.25, 0.3) is 5.65 Å². The molecule has 130 valence electrons. The van der Waals surface area contributed by atoms with Crippen LogP contribution in [0.4, 0.5) is 0 Å². The van der Waals surface area contributed by atoms with E-state index in [-0.39, 0.29) is 5.91 Å². The van der Waals surface area contributed by atoms with Gasteiger partial charge in [-0.25, -0.2) is 9.50 Å². The zero-order chi connectivity index (χ0) is 17.4. The molecule has 1 amide bonds. The zero-order valence-corrected chi connectivity index (χ0v) is 14.6. The van der Waals surface area contributed by atoms with Crippen LogP contribution < -0.4 is 5.32 Å². The van der Waals surface area contributed by atoms with E-state index in [9.17, 15) is 4.79 Å². The van der Waals surface area contributed by atoms with Crippen LogP contribution in [0.2, 0.25) is 0 Å². The van der Waals surface area contributed by atoms with E-state index < -0.39 is 0 Å². The molecule has 0 unspecified atom stereocenters. The molecule has 0 bridgehead atoms. The highest BCUT2D eigenvalue weighted by atomic mass is 16.1. The maximum atomic E-state index is 12.5. The number of carbonyl (C=O) groups excluding carboxylic acids is 1. The van der Waals surface area contributed by atoms with E-state index in [1.807, 2.05) is 19.9 Å². The van der Waals surface area contributed by atoms with Crippen LogP contribution in [0.3, 0.4) is 0 Å². The summed E-state index contributed by atoms with van der Waals surface area (Å²) in [7, 11) is 0. The van der Waals surface area contributed by atoms with Gasteiger partial charge in [-0.1, -0.05) is 6.42 Å². The third kappa shape index (κ3) is 3.01. The highest BCUT2D eigenvalue weighted by Crippen LogP contribution is 2.21.